The topological polar surface area (TPSA) is 67.5 Å². The molecule has 2 aliphatic rings. The maximum absolute atomic E-state index is 12.8. The van der Waals surface area contributed by atoms with Crippen molar-refractivity contribution in [1.82, 2.24) is 0 Å². The van der Waals surface area contributed by atoms with Crippen molar-refractivity contribution < 1.29 is 14.3 Å². The van der Waals surface area contributed by atoms with E-state index in [1.54, 1.807) is 0 Å². The molecule has 1 saturated carbocycles. The zero-order valence-corrected chi connectivity index (χ0v) is 16.5. The number of carbonyl (C=O) groups is 1. The molecule has 1 fully saturated rings. The number of hydrogen-bond acceptors (Lipinski definition) is 4. The van der Waals surface area contributed by atoms with Gasteiger partial charge in [0.15, 0.2) is 0 Å². The molecule has 0 bridgehead atoms. The van der Waals surface area contributed by atoms with E-state index in [1.807, 2.05) is 25.1 Å². The minimum Gasteiger partial charge on any atom is -0.507 e. The van der Waals surface area contributed by atoms with Crippen molar-refractivity contribution in [2.24, 2.45) is 0 Å². The summed E-state index contributed by atoms with van der Waals surface area (Å²) in [6.07, 6.45) is 7.38. The average molecular weight is 380 g/mol. The zero-order valence-electron chi connectivity index (χ0n) is 16.5. The van der Waals surface area contributed by atoms with Gasteiger partial charge in [-0.3, -0.25) is 4.79 Å². The van der Waals surface area contributed by atoms with Crippen molar-refractivity contribution in [2.45, 2.75) is 76.5 Å². The summed E-state index contributed by atoms with van der Waals surface area (Å²) in [5.74, 6) is 0.700. The normalized spacial score (nSPS) is 19.5. The van der Waals surface area contributed by atoms with Crippen molar-refractivity contribution in [3.05, 3.63) is 62.7 Å². The minimum atomic E-state index is -0.503. The van der Waals surface area contributed by atoms with Crippen LogP contribution in [0.4, 0.5) is 0 Å². The van der Waals surface area contributed by atoms with E-state index >= 15 is 0 Å². The number of carbonyl (C=O) groups excluding carboxylic acids is 1. The summed E-state index contributed by atoms with van der Waals surface area (Å²) < 4.78 is 5.73. The lowest BCUT2D eigenvalue weighted by molar-refractivity contribution is -0.120. The van der Waals surface area contributed by atoms with E-state index in [0.717, 1.165) is 24.8 Å². The Morgan fingerprint density at radius 3 is 2.68 bits per heavy atom. The predicted molar refractivity (Wildman–Crippen MR) is 108 cm³/mol. The number of ketones is 1. The number of rotatable bonds is 5. The second-order valence-corrected chi connectivity index (χ2v) is 8.18. The molecule has 148 valence electrons. The van der Waals surface area contributed by atoms with Gasteiger partial charge < -0.3 is 9.52 Å². The molecule has 1 unspecified atom stereocenters. The number of fused-ring (bicyclic) bond motifs is 1. The maximum Gasteiger partial charge on any atom is 0.343 e. The fourth-order valence-electron chi connectivity index (χ4n) is 4.49. The highest BCUT2D eigenvalue weighted by molar-refractivity contribution is 5.85. The van der Waals surface area contributed by atoms with E-state index in [9.17, 15) is 14.7 Å². The molecule has 0 amide bonds. The molecule has 1 heterocycles. The van der Waals surface area contributed by atoms with Crippen LogP contribution >= 0.6 is 0 Å². The van der Waals surface area contributed by atoms with Gasteiger partial charge >= 0.3 is 5.63 Å². The first kappa shape index (κ1) is 19.0. The summed E-state index contributed by atoms with van der Waals surface area (Å²) >= 11 is 0. The van der Waals surface area contributed by atoms with Gasteiger partial charge in [-0.1, -0.05) is 44.0 Å². The van der Waals surface area contributed by atoms with Crippen LogP contribution in [0.2, 0.25) is 0 Å². The average Bonchev–Trinajstić information content (AvgIpc) is 3.52. The third kappa shape index (κ3) is 3.65. The lowest BCUT2D eigenvalue weighted by Crippen LogP contribution is -2.20. The Morgan fingerprint density at radius 1 is 1.14 bits per heavy atom. The third-order valence-corrected chi connectivity index (χ3v) is 6.23. The van der Waals surface area contributed by atoms with Crippen LogP contribution in [-0.4, -0.2) is 10.9 Å². The fourth-order valence-corrected chi connectivity index (χ4v) is 4.49. The monoisotopic (exact) mass is 380 g/mol. The van der Waals surface area contributed by atoms with Crippen LogP contribution in [0, 0.1) is 0 Å². The highest BCUT2D eigenvalue weighted by Crippen LogP contribution is 2.43. The molecule has 2 aromatic rings. The highest BCUT2D eigenvalue weighted by Gasteiger charge is 2.31. The Kier molecular flexibility index (Phi) is 5.38. The van der Waals surface area contributed by atoms with Gasteiger partial charge in [0, 0.05) is 18.4 Å². The molecule has 0 radical (unpaired) electrons. The van der Waals surface area contributed by atoms with E-state index < -0.39 is 11.5 Å². The number of Topliss-reactive ketones (excluding diaryl/α,β-unsaturated/α-hetero) is 1. The minimum absolute atomic E-state index is 0.0488. The summed E-state index contributed by atoms with van der Waals surface area (Å²) in [6, 6.07) is 8.16. The maximum atomic E-state index is 12.8. The number of aromatic hydroxyl groups is 1. The molecule has 0 spiro atoms. The molecular weight excluding hydrogens is 352 g/mol. The first-order chi connectivity index (χ1) is 13.6. The van der Waals surface area contributed by atoms with Crippen LogP contribution < -0.4 is 5.63 Å². The molecule has 4 nitrogen and oxygen atoms in total. The molecule has 4 rings (SSSR count). The van der Waals surface area contributed by atoms with Gasteiger partial charge in [0.1, 0.15) is 17.3 Å². The predicted octanol–water partition coefficient (Wildman–Crippen LogP) is 4.99. The van der Waals surface area contributed by atoms with Gasteiger partial charge in [0.25, 0.3) is 0 Å². The lowest BCUT2D eigenvalue weighted by Gasteiger charge is -2.22. The summed E-state index contributed by atoms with van der Waals surface area (Å²) in [5, 5.41) is 11.0. The second kappa shape index (κ2) is 7.94. The quantitative estimate of drug-likeness (QED) is 0.793. The summed E-state index contributed by atoms with van der Waals surface area (Å²) in [5.41, 5.74) is 2.85. The molecule has 1 N–H and O–H groups in total. The first-order valence-electron chi connectivity index (χ1n) is 10.6. The SMILES string of the molecule is CCC(=O)C1CCCCCc2c1oc(=O)c(Cc1ccccc1C1CC1)c2O. The summed E-state index contributed by atoms with van der Waals surface area (Å²) in [7, 11) is 0. The van der Waals surface area contributed by atoms with Crippen LogP contribution in [-0.2, 0) is 17.6 Å². The Bertz CT molecular complexity index is 936. The van der Waals surface area contributed by atoms with Crippen molar-refractivity contribution in [1.29, 1.82) is 0 Å². The molecule has 0 aliphatic heterocycles. The Balaban J connectivity index is 1.77. The number of hydrogen-bond donors (Lipinski definition) is 1. The molecule has 1 aromatic heterocycles. The molecule has 28 heavy (non-hydrogen) atoms. The Morgan fingerprint density at radius 2 is 1.93 bits per heavy atom. The van der Waals surface area contributed by atoms with Gasteiger partial charge in [-0.15, -0.1) is 0 Å². The molecule has 1 aromatic carbocycles. The molecule has 4 heteroatoms. The Labute approximate surface area is 165 Å². The summed E-state index contributed by atoms with van der Waals surface area (Å²) in [6.45, 7) is 1.84. The van der Waals surface area contributed by atoms with Crippen molar-refractivity contribution in [2.75, 3.05) is 0 Å². The van der Waals surface area contributed by atoms with Crippen molar-refractivity contribution in [3.8, 4) is 5.75 Å². The fraction of sp³-hybridized carbons (Fsp3) is 0.500. The zero-order chi connectivity index (χ0) is 19.7. The van der Waals surface area contributed by atoms with Crippen molar-refractivity contribution in [3.63, 3.8) is 0 Å². The lowest BCUT2D eigenvalue weighted by atomic mass is 9.85. The van der Waals surface area contributed by atoms with Crippen LogP contribution in [0.15, 0.2) is 33.5 Å². The Hall–Kier alpha value is -2.36. The standard InChI is InChI=1S/C24H28O4/c1-2-21(25)18-10-4-3-5-11-19-22(26)20(24(27)28-23(18)19)14-16-8-6-7-9-17(16)15-12-13-15/h6-9,15,18,26H,2-5,10-14H2,1H3. The molecule has 0 saturated heterocycles. The summed E-state index contributed by atoms with van der Waals surface area (Å²) in [4.78, 5) is 25.3. The van der Waals surface area contributed by atoms with Crippen LogP contribution in [0.25, 0.3) is 0 Å². The van der Waals surface area contributed by atoms with Gasteiger partial charge in [-0.2, -0.15) is 0 Å². The van der Waals surface area contributed by atoms with Gasteiger partial charge in [0.2, 0.25) is 0 Å². The van der Waals surface area contributed by atoms with Crippen LogP contribution in [0.1, 0.15) is 91.7 Å². The van der Waals surface area contributed by atoms with Gasteiger partial charge in [-0.05, 0) is 49.1 Å². The smallest absolute Gasteiger partial charge is 0.343 e. The highest BCUT2D eigenvalue weighted by atomic mass is 16.4. The first-order valence-corrected chi connectivity index (χ1v) is 10.6. The van der Waals surface area contributed by atoms with Crippen LogP contribution in [0.5, 0.6) is 5.75 Å². The van der Waals surface area contributed by atoms with Gasteiger partial charge in [-0.25, -0.2) is 4.79 Å². The molecular formula is C24H28O4. The third-order valence-electron chi connectivity index (χ3n) is 6.23. The molecule has 1 atom stereocenters. The van der Waals surface area contributed by atoms with E-state index in [-0.39, 0.29) is 11.5 Å². The van der Waals surface area contributed by atoms with Crippen molar-refractivity contribution >= 4 is 5.78 Å². The van der Waals surface area contributed by atoms with E-state index in [0.29, 0.717) is 48.5 Å². The van der Waals surface area contributed by atoms with E-state index in [2.05, 4.69) is 6.07 Å². The number of benzene rings is 1. The van der Waals surface area contributed by atoms with Crippen LogP contribution in [0.3, 0.4) is 0 Å². The van der Waals surface area contributed by atoms with E-state index in [4.69, 9.17) is 4.42 Å². The molecule has 2 aliphatic carbocycles. The van der Waals surface area contributed by atoms with Gasteiger partial charge in [0.05, 0.1) is 11.5 Å². The van der Waals surface area contributed by atoms with E-state index in [1.165, 1.54) is 18.4 Å². The second-order valence-electron chi connectivity index (χ2n) is 8.18. The largest absolute Gasteiger partial charge is 0.507 e.